The van der Waals surface area contributed by atoms with Crippen molar-refractivity contribution in [2.45, 2.75) is 44.0 Å². The van der Waals surface area contributed by atoms with Crippen molar-refractivity contribution in [2.75, 3.05) is 12.4 Å². The number of anilines is 1. The molecule has 0 amide bonds. The normalized spacial score (nSPS) is 12.4. The second-order valence-electron chi connectivity index (χ2n) is 4.50. The molecule has 18 heavy (non-hydrogen) atoms. The molecule has 0 radical (unpaired) electrons. The van der Waals surface area contributed by atoms with Crippen LogP contribution in [0.5, 0.6) is 0 Å². The largest absolute Gasteiger partial charge is 0.387 e. The predicted molar refractivity (Wildman–Crippen MR) is 73.1 cm³/mol. The van der Waals surface area contributed by atoms with E-state index in [4.69, 9.17) is 0 Å². The summed E-state index contributed by atoms with van der Waals surface area (Å²) in [5.74, 6) is 0. The molecule has 0 aliphatic carbocycles. The molecule has 0 aliphatic rings. The van der Waals surface area contributed by atoms with E-state index in [9.17, 15) is 8.42 Å². The first-order valence-corrected chi connectivity index (χ1v) is 7.52. The number of pyridine rings is 1. The van der Waals surface area contributed by atoms with Gasteiger partial charge >= 0.3 is 0 Å². The lowest BCUT2D eigenvalue weighted by Gasteiger charge is -2.28. The quantitative estimate of drug-likeness (QED) is 0.830. The summed E-state index contributed by atoms with van der Waals surface area (Å²) in [5, 5.41) is 2.86. The van der Waals surface area contributed by atoms with Crippen LogP contribution in [0.1, 0.15) is 33.6 Å². The number of nitrogens with zero attached hydrogens (tertiary/aromatic N) is 1. The van der Waals surface area contributed by atoms with E-state index in [-0.39, 0.29) is 4.90 Å². The lowest BCUT2D eigenvalue weighted by Crippen LogP contribution is -2.44. The predicted octanol–water partition coefficient (Wildman–Crippen LogP) is 1.98. The van der Waals surface area contributed by atoms with Crippen LogP contribution in [-0.4, -0.2) is 26.0 Å². The summed E-state index contributed by atoms with van der Waals surface area (Å²) in [5.41, 5.74) is 0.117. The van der Waals surface area contributed by atoms with Gasteiger partial charge in [-0.1, -0.05) is 13.8 Å². The van der Waals surface area contributed by atoms with Crippen molar-refractivity contribution in [3.8, 4) is 0 Å². The van der Waals surface area contributed by atoms with Crippen molar-refractivity contribution >= 4 is 15.7 Å². The van der Waals surface area contributed by atoms with Crippen molar-refractivity contribution < 1.29 is 8.42 Å². The first kappa shape index (κ1) is 14.9. The van der Waals surface area contributed by atoms with Crippen molar-refractivity contribution in [3.63, 3.8) is 0 Å². The summed E-state index contributed by atoms with van der Waals surface area (Å²) in [4.78, 5) is 4.06. The van der Waals surface area contributed by atoms with Crippen LogP contribution in [0.4, 0.5) is 5.69 Å². The summed E-state index contributed by atoms with van der Waals surface area (Å²) in [6.45, 7) is 5.84. The fourth-order valence-corrected chi connectivity index (χ4v) is 3.28. The summed E-state index contributed by atoms with van der Waals surface area (Å²) < 4.78 is 27.5. The van der Waals surface area contributed by atoms with Gasteiger partial charge in [-0.2, -0.15) is 0 Å². The fraction of sp³-hybridized carbons (Fsp3) is 0.583. The zero-order chi connectivity index (χ0) is 13.8. The average molecular weight is 271 g/mol. The monoisotopic (exact) mass is 271 g/mol. The number of hydrogen-bond donors (Lipinski definition) is 2. The van der Waals surface area contributed by atoms with Crippen molar-refractivity contribution in [1.29, 1.82) is 0 Å². The van der Waals surface area contributed by atoms with Gasteiger partial charge in [-0.05, 0) is 25.8 Å². The topological polar surface area (TPSA) is 71.1 Å². The zero-order valence-corrected chi connectivity index (χ0v) is 12.1. The van der Waals surface area contributed by atoms with Crippen LogP contribution in [0, 0.1) is 0 Å². The number of rotatable bonds is 6. The highest BCUT2D eigenvalue weighted by molar-refractivity contribution is 7.89. The van der Waals surface area contributed by atoms with Gasteiger partial charge in [-0.25, -0.2) is 13.1 Å². The first-order chi connectivity index (χ1) is 8.38. The van der Waals surface area contributed by atoms with Crippen LogP contribution in [0.15, 0.2) is 23.4 Å². The maximum atomic E-state index is 12.4. The average Bonchev–Trinajstić information content (AvgIpc) is 2.38. The van der Waals surface area contributed by atoms with Crippen LogP contribution in [0.3, 0.4) is 0 Å². The van der Waals surface area contributed by atoms with Gasteiger partial charge in [0.25, 0.3) is 0 Å². The van der Waals surface area contributed by atoms with Crippen LogP contribution in [-0.2, 0) is 10.0 Å². The molecular weight excluding hydrogens is 250 g/mol. The molecule has 0 fully saturated rings. The Morgan fingerprint density at radius 1 is 1.33 bits per heavy atom. The van der Waals surface area contributed by atoms with Gasteiger partial charge in [0.1, 0.15) is 4.90 Å². The molecule has 0 aliphatic heterocycles. The number of sulfonamides is 1. The fourth-order valence-electron chi connectivity index (χ4n) is 1.57. The zero-order valence-electron chi connectivity index (χ0n) is 11.3. The standard InChI is InChI=1S/C12H21N3O2S/c1-5-12(3,6-2)15-18(16,17)11-9-14-8-7-10(11)13-4/h7-9,15H,5-6H2,1-4H3,(H,13,14). The van der Waals surface area contributed by atoms with Gasteiger partial charge < -0.3 is 5.32 Å². The molecule has 1 aromatic rings. The van der Waals surface area contributed by atoms with Gasteiger partial charge in [0.2, 0.25) is 10.0 Å². The van der Waals surface area contributed by atoms with Crippen molar-refractivity contribution in [3.05, 3.63) is 18.5 Å². The van der Waals surface area contributed by atoms with E-state index in [0.717, 1.165) is 12.8 Å². The Kier molecular flexibility index (Phi) is 4.70. The number of nitrogens with one attached hydrogen (secondary N) is 2. The molecule has 6 heteroatoms. The molecule has 0 spiro atoms. The summed E-state index contributed by atoms with van der Waals surface area (Å²) in [6, 6.07) is 1.64. The van der Waals surface area contributed by atoms with E-state index < -0.39 is 15.6 Å². The Morgan fingerprint density at radius 2 is 1.94 bits per heavy atom. The molecule has 102 valence electrons. The Morgan fingerprint density at radius 3 is 2.44 bits per heavy atom. The summed E-state index contributed by atoms with van der Waals surface area (Å²) >= 11 is 0. The van der Waals surface area contributed by atoms with E-state index in [0.29, 0.717) is 5.69 Å². The maximum absolute atomic E-state index is 12.4. The van der Waals surface area contributed by atoms with E-state index in [1.165, 1.54) is 6.20 Å². The van der Waals surface area contributed by atoms with Crippen LogP contribution < -0.4 is 10.0 Å². The molecule has 0 saturated heterocycles. The molecule has 2 N–H and O–H groups in total. The number of hydrogen-bond acceptors (Lipinski definition) is 4. The molecule has 0 unspecified atom stereocenters. The van der Waals surface area contributed by atoms with E-state index in [2.05, 4.69) is 15.0 Å². The molecule has 0 saturated carbocycles. The maximum Gasteiger partial charge on any atom is 0.244 e. The first-order valence-electron chi connectivity index (χ1n) is 6.04. The van der Waals surface area contributed by atoms with E-state index >= 15 is 0 Å². The Bertz CT molecular complexity index is 496. The van der Waals surface area contributed by atoms with E-state index in [1.54, 1.807) is 19.3 Å². The van der Waals surface area contributed by atoms with E-state index in [1.807, 2.05) is 20.8 Å². The third-order valence-electron chi connectivity index (χ3n) is 3.28. The summed E-state index contributed by atoms with van der Waals surface area (Å²) in [6.07, 6.45) is 4.39. The third kappa shape index (κ3) is 3.20. The van der Waals surface area contributed by atoms with Crippen molar-refractivity contribution in [2.24, 2.45) is 0 Å². The number of aromatic nitrogens is 1. The molecule has 1 heterocycles. The molecule has 1 rings (SSSR count). The Balaban J connectivity index is 3.14. The highest BCUT2D eigenvalue weighted by Crippen LogP contribution is 2.23. The molecule has 5 nitrogen and oxygen atoms in total. The SMILES string of the molecule is CCC(C)(CC)NS(=O)(=O)c1cnccc1NC. The van der Waals surface area contributed by atoms with Crippen LogP contribution in [0.2, 0.25) is 0 Å². The third-order valence-corrected chi connectivity index (χ3v) is 4.95. The van der Waals surface area contributed by atoms with Gasteiger partial charge in [-0.15, -0.1) is 0 Å². The molecule has 1 aromatic heterocycles. The summed E-state index contributed by atoms with van der Waals surface area (Å²) in [7, 11) is -1.87. The van der Waals surface area contributed by atoms with Gasteiger partial charge in [0.15, 0.2) is 0 Å². The van der Waals surface area contributed by atoms with Gasteiger partial charge in [0.05, 0.1) is 5.69 Å². The second kappa shape index (κ2) is 5.67. The minimum atomic E-state index is -3.56. The van der Waals surface area contributed by atoms with Crippen LogP contribution in [0.25, 0.3) is 0 Å². The molecule has 0 bridgehead atoms. The Labute approximate surface area is 109 Å². The van der Waals surface area contributed by atoms with Crippen LogP contribution >= 0.6 is 0 Å². The van der Waals surface area contributed by atoms with Gasteiger partial charge in [0, 0.05) is 25.0 Å². The molecular formula is C12H21N3O2S. The van der Waals surface area contributed by atoms with Gasteiger partial charge in [-0.3, -0.25) is 4.98 Å². The molecule has 0 atom stereocenters. The lowest BCUT2D eigenvalue weighted by molar-refractivity contribution is 0.389. The highest BCUT2D eigenvalue weighted by Gasteiger charge is 2.28. The molecule has 0 aromatic carbocycles. The van der Waals surface area contributed by atoms with Crippen molar-refractivity contribution in [1.82, 2.24) is 9.71 Å². The lowest BCUT2D eigenvalue weighted by atomic mass is 9.98. The minimum Gasteiger partial charge on any atom is -0.387 e. The minimum absolute atomic E-state index is 0.181. The smallest absolute Gasteiger partial charge is 0.244 e. The Hall–Kier alpha value is -1.14. The second-order valence-corrected chi connectivity index (χ2v) is 6.15. The highest BCUT2D eigenvalue weighted by atomic mass is 32.2.